The number of aromatic nitrogens is 1. The van der Waals surface area contributed by atoms with Gasteiger partial charge in [0.1, 0.15) is 5.75 Å². The number of nitrogens with one attached hydrogen (secondary N) is 1. The molecule has 3 N–H and O–H groups in total. The predicted octanol–water partition coefficient (Wildman–Crippen LogP) is 3.06. The first-order chi connectivity index (χ1) is 9.13. The molecule has 0 aliphatic rings. The van der Waals surface area contributed by atoms with Gasteiger partial charge in [0.15, 0.2) is 0 Å². The zero-order valence-corrected chi connectivity index (χ0v) is 11.3. The molecule has 0 bridgehead atoms. The summed E-state index contributed by atoms with van der Waals surface area (Å²) >= 11 is 0. The van der Waals surface area contributed by atoms with Gasteiger partial charge in [-0.25, -0.2) is 0 Å². The van der Waals surface area contributed by atoms with E-state index in [0.29, 0.717) is 12.2 Å². The number of nitrogens with two attached hydrogens (primary N) is 1. The summed E-state index contributed by atoms with van der Waals surface area (Å²) in [5.41, 5.74) is 8.62. The van der Waals surface area contributed by atoms with E-state index in [1.165, 1.54) is 0 Å². The maximum Gasteiger partial charge on any atom is 0.123 e. The van der Waals surface area contributed by atoms with E-state index < -0.39 is 0 Å². The molecule has 2 aromatic rings. The first-order valence-corrected chi connectivity index (χ1v) is 6.33. The summed E-state index contributed by atoms with van der Waals surface area (Å²) < 4.78 is 5.66. The average molecular weight is 257 g/mol. The molecular weight excluding hydrogens is 238 g/mol. The Morgan fingerprint density at radius 2 is 2.16 bits per heavy atom. The van der Waals surface area contributed by atoms with Crippen LogP contribution in [0.1, 0.15) is 19.4 Å². The Bertz CT molecular complexity index is 526. The van der Waals surface area contributed by atoms with E-state index in [4.69, 9.17) is 10.5 Å². The smallest absolute Gasteiger partial charge is 0.123 e. The highest BCUT2D eigenvalue weighted by Crippen LogP contribution is 2.23. The van der Waals surface area contributed by atoms with Crippen LogP contribution in [0.2, 0.25) is 0 Å². The molecule has 2 rings (SSSR count). The van der Waals surface area contributed by atoms with Crippen molar-refractivity contribution in [1.82, 2.24) is 4.98 Å². The number of nitrogens with zero attached hydrogens (tertiary/aromatic N) is 1. The molecule has 4 nitrogen and oxygen atoms in total. The quantitative estimate of drug-likeness (QED) is 0.808. The third-order valence-corrected chi connectivity index (χ3v) is 2.52. The largest absolute Gasteiger partial charge is 0.491 e. The minimum atomic E-state index is 0.132. The Morgan fingerprint density at radius 3 is 2.84 bits per heavy atom. The first kappa shape index (κ1) is 13.2. The molecular formula is C15H19N3O. The van der Waals surface area contributed by atoms with Crippen LogP contribution in [0.3, 0.4) is 0 Å². The second kappa shape index (κ2) is 6.09. The summed E-state index contributed by atoms with van der Waals surface area (Å²) in [5.74, 6) is 0.781. The zero-order valence-electron chi connectivity index (χ0n) is 11.3. The zero-order chi connectivity index (χ0) is 13.7. The van der Waals surface area contributed by atoms with Crippen LogP contribution in [-0.4, -0.2) is 11.1 Å². The fraction of sp³-hybridized carbons (Fsp3) is 0.267. The van der Waals surface area contributed by atoms with Gasteiger partial charge in [-0.3, -0.25) is 4.98 Å². The molecule has 1 aromatic carbocycles. The SMILES string of the molecule is CC(C)Oc1cc(N)cc(NCc2cccnc2)c1. The van der Waals surface area contributed by atoms with Gasteiger partial charge in [0.2, 0.25) is 0 Å². The van der Waals surface area contributed by atoms with Gasteiger partial charge in [-0.15, -0.1) is 0 Å². The van der Waals surface area contributed by atoms with Crippen LogP contribution in [0.15, 0.2) is 42.7 Å². The molecule has 0 atom stereocenters. The lowest BCUT2D eigenvalue weighted by atomic mass is 10.2. The van der Waals surface area contributed by atoms with Gasteiger partial charge in [-0.05, 0) is 31.5 Å². The van der Waals surface area contributed by atoms with E-state index >= 15 is 0 Å². The van der Waals surface area contributed by atoms with Crippen LogP contribution in [0, 0.1) is 0 Å². The van der Waals surface area contributed by atoms with E-state index in [1.807, 2.05) is 50.4 Å². The highest BCUT2D eigenvalue weighted by Gasteiger charge is 2.02. The van der Waals surface area contributed by atoms with Gasteiger partial charge in [-0.2, -0.15) is 0 Å². The van der Waals surface area contributed by atoms with Crippen LogP contribution in [0.25, 0.3) is 0 Å². The fourth-order valence-corrected chi connectivity index (χ4v) is 1.77. The summed E-state index contributed by atoms with van der Waals surface area (Å²) in [6, 6.07) is 9.62. The lowest BCUT2D eigenvalue weighted by Crippen LogP contribution is -2.07. The maximum absolute atomic E-state index is 5.87. The molecule has 0 spiro atoms. The van der Waals surface area contributed by atoms with E-state index in [2.05, 4.69) is 10.3 Å². The number of hydrogen-bond donors (Lipinski definition) is 2. The Morgan fingerprint density at radius 1 is 1.32 bits per heavy atom. The summed E-state index contributed by atoms with van der Waals surface area (Å²) in [5, 5.41) is 3.32. The summed E-state index contributed by atoms with van der Waals surface area (Å²) in [4.78, 5) is 4.08. The van der Waals surface area contributed by atoms with Crippen molar-refractivity contribution in [2.45, 2.75) is 26.5 Å². The van der Waals surface area contributed by atoms with E-state index in [9.17, 15) is 0 Å². The van der Waals surface area contributed by atoms with Crippen LogP contribution in [0.5, 0.6) is 5.75 Å². The van der Waals surface area contributed by atoms with Gasteiger partial charge in [0.05, 0.1) is 6.10 Å². The van der Waals surface area contributed by atoms with Crippen LogP contribution < -0.4 is 15.8 Å². The standard InChI is InChI=1S/C15H19N3O/c1-11(2)19-15-7-13(16)6-14(8-15)18-10-12-4-3-5-17-9-12/h3-9,11,18H,10,16H2,1-2H3. The second-order valence-electron chi connectivity index (χ2n) is 4.67. The molecule has 0 aliphatic carbocycles. The molecule has 0 unspecified atom stereocenters. The highest BCUT2D eigenvalue weighted by molar-refractivity contribution is 5.59. The number of hydrogen-bond acceptors (Lipinski definition) is 4. The monoisotopic (exact) mass is 257 g/mol. The fourth-order valence-electron chi connectivity index (χ4n) is 1.77. The van der Waals surface area contributed by atoms with Gasteiger partial charge in [-0.1, -0.05) is 6.07 Å². The summed E-state index contributed by atoms with van der Waals surface area (Å²) in [6.07, 6.45) is 3.73. The number of rotatable bonds is 5. The van der Waals surface area contributed by atoms with Crippen LogP contribution >= 0.6 is 0 Å². The van der Waals surface area contributed by atoms with Crippen molar-refractivity contribution in [3.8, 4) is 5.75 Å². The number of nitrogen functional groups attached to an aromatic ring is 1. The number of benzene rings is 1. The number of anilines is 2. The Labute approximate surface area is 113 Å². The van der Waals surface area contributed by atoms with E-state index in [-0.39, 0.29) is 6.10 Å². The van der Waals surface area contributed by atoms with E-state index in [0.717, 1.165) is 17.0 Å². The minimum absolute atomic E-state index is 0.132. The van der Waals surface area contributed by atoms with Crippen molar-refractivity contribution in [3.63, 3.8) is 0 Å². The van der Waals surface area contributed by atoms with Crippen molar-refractivity contribution >= 4 is 11.4 Å². The minimum Gasteiger partial charge on any atom is -0.491 e. The summed E-state index contributed by atoms with van der Waals surface area (Å²) in [6.45, 7) is 4.69. The molecule has 0 saturated heterocycles. The van der Waals surface area contributed by atoms with Crippen molar-refractivity contribution in [1.29, 1.82) is 0 Å². The lowest BCUT2D eigenvalue weighted by molar-refractivity contribution is 0.242. The maximum atomic E-state index is 5.87. The molecule has 0 fully saturated rings. The third-order valence-electron chi connectivity index (χ3n) is 2.52. The van der Waals surface area contributed by atoms with E-state index in [1.54, 1.807) is 6.20 Å². The molecule has 0 aliphatic heterocycles. The third kappa shape index (κ3) is 4.17. The van der Waals surface area contributed by atoms with Gasteiger partial charge in [0, 0.05) is 42.4 Å². The van der Waals surface area contributed by atoms with Gasteiger partial charge >= 0.3 is 0 Å². The molecule has 0 amide bonds. The summed E-state index contributed by atoms with van der Waals surface area (Å²) in [7, 11) is 0. The predicted molar refractivity (Wildman–Crippen MR) is 78.2 cm³/mol. The molecule has 1 aromatic heterocycles. The van der Waals surface area contributed by atoms with Gasteiger partial charge in [0.25, 0.3) is 0 Å². The Kier molecular flexibility index (Phi) is 4.23. The first-order valence-electron chi connectivity index (χ1n) is 6.33. The molecule has 100 valence electrons. The van der Waals surface area contributed by atoms with Crippen LogP contribution in [0.4, 0.5) is 11.4 Å². The molecule has 0 saturated carbocycles. The van der Waals surface area contributed by atoms with Crippen molar-refractivity contribution in [3.05, 3.63) is 48.3 Å². The van der Waals surface area contributed by atoms with Gasteiger partial charge < -0.3 is 15.8 Å². The lowest BCUT2D eigenvalue weighted by Gasteiger charge is -2.13. The van der Waals surface area contributed by atoms with Crippen molar-refractivity contribution in [2.24, 2.45) is 0 Å². The Hall–Kier alpha value is -2.23. The molecule has 19 heavy (non-hydrogen) atoms. The number of ether oxygens (including phenoxy) is 1. The molecule has 0 radical (unpaired) electrons. The second-order valence-corrected chi connectivity index (χ2v) is 4.67. The van der Waals surface area contributed by atoms with Crippen molar-refractivity contribution in [2.75, 3.05) is 11.1 Å². The molecule has 4 heteroatoms. The van der Waals surface area contributed by atoms with Crippen molar-refractivity contribution < 1.29 is 4.74 Å². The average Bonchev–Trinajstić information content (AvgIpc) is 2.36. The molecule has 1 heterocycles. The highest BCUT2D eigenvalue weighted by atomic mass is 16.5. The topological polar surface area (TPSA) is 60.2 Å². The van der Waals surface area contributed by atoms with Crippen LogP contribution in [-0.2, 0) is 6.54 Å². The Balaban J connectivity index is 2.05. The normalized spacial score (nSPS) is 10.5. The number of pyridine rings is 1.